The Labute approximate surface area is 191 Å². The van der Waals surface area contributed by atoms with E-state index < -0.39 is 28.6 Å². The monoisotopic (exact) mass is 484 g/mol. The summed E-state index contributed by atoms with van der Waals surface area (Å²) in [5.41, 5.74) is 0.928. The van der Waals surface area contributed by atoms with Gasteiger partial charge in [-0.2, -0.15) is 8.78 Å². The molecule has 2 aromatic rings. The molecule has 0 aliphatic carbocycles. The van der Waals surface area contributed by atoms with Crippen LogP contribution >= 0.6 is 0 Å². The van der Waals surface area contributed by atoms with Gasteiger partial charge in [0.05, 0.1) is 18.1 Å². The first-order valence-electron chi connectivity index (χ1n) is 9.96. The van der Waals surface area contributed by atoms with Gasteiger partial charge in [-0.15, -0.1) is 0 Å². The third-order valence-electron chi connectivity index (χ3n) is 4.12. The Hall–Kier alpha value is -3.02. The van der Waals surface area contributed by atoms with Gasteiger partial charge in [0.25, 0.3) is 0 Å². The molecule has 0 fully saturated rings. The molecule has 0 saturated carbocycles. The molecule has 2 aromatic carbocycles. The number of amides is 1. The molecule has 1 amide bonds. The van der Waals surface area contributed by atoms with Crippen LogP contribution in [-0.4, -0.2) is 47.3 Å². The fourth-order valence-corrected chi connectivity index (χ4v) is 4.01. The molecule has 2 N–H and O–H groups in total. The van der Waals surface area contributed by atoms with E-state index in [-0.39, 0.29) is 29.6 Å². The number of carbonyl (C=O) groups is 1. The van der Waals surface area contributed by atoms with Gasteiger partial charge in [0, 0.05) is 24.9 Å². The smallest absolute Gasteiger partial charge is 0.387 e. The van der Waals surface area contributed by atoms with Gasteiger partial charge in [0.2, 0.25) is 15.9 Å². The highest BCUT2D eigenvalue weighted by Gasteiger charge is 2.17. The zero-order valence-corrected chi connectivity index (χ0v) is 19.2. The van der Waals surface area contributed by atoms with Crippen LogP contribution < -0.4 is 19.5 Å². The van der Waals surface area contributed by atoms with Gasteiger partial charge in [-0.1, -0.05) is 6.07 Å². The molecule has 0 saturated heterocycles. The van der Waals surface area contributed by atoms with Crippen LogP contribution in [0.2, 0.25) is 0 Å². The second-order valence-electron chi connectivity index (χ2n) is 6.84. The lowest BCUT2D eigenvalue weighted by atomic mass is 10.2. The number of benzene rings is 2. The zero-order chi connectivity index (χ0) is 24.4. The van der Waals surface area contributed by atoms with Crippen molar-refractivity contribution in [3.8, 4) is 11.5 Å². The number of hydrogen-bond donors (Lipinski definition) is 2. The van der Waals surface area contributed by atoms with Crippen molar-refractivity contribution >= 4 is 27.7 Å². The predicted octanol–water partition coefficient (Wildman–Crippen LogP) is 3.65. The Balaban J connectivity index is 2.03. The van der Waals surface area contributed by atoms with Gasteiger partial charge in [-0.25, -0.2) is 13.1 Å². The van der Waals surface area contributed by atoms with E-state index in [1.807, 2.05) is 0 Å². The topological polar surface area (TPSA) is 103 Å². The molecule has 0 spiro atoms. The minimum absolute atomic E-state index is 0.0496. The molecule has 11 heteroatoms. The molecule has 1 unspecified atom stereocenters. The van der Waals surface area contributed by atoms with Crippen molar-refractivity contribution in [1.82, 2.24) is 4.72 Å². The van der Waals surface area contributed by atoms with E-state index in [4.69, 9.17) is 9.47 Å². The van der Waals surface area contributed by atoms with Crippen LogP contribution in [0.5, 0.6) is 11.5 Å². The second-order valence-corrected chi connectivity index (χ2v) is 8.56. The highest BCUT2D eigenvalue weighted by atomic mass is 32.2. The number of rotatable bonds is 12. The van der Waals surface area contributed by atoms with E-state index in [1.54, 1.807) is 13.8 Å². The summed E-state index contributed by atoms with van der Waals surface area (Å²) in [7, 11) is -2.24. The lowest BCUT2D eigenvalue weighted by Crippen LogP contribution is -2.35. The molecule has 0 aliphatic rings. The number of halogens is 2. The summed E-state index contributed by atoms with van der Waals surface area (Å²) in [6.45, 7) is 0.878. The van der Waals surface area contributed by atoms with Crippen molar-refractivity contribution in [3.05, 3.63) is 54.1 Å². The van der Waals surface area contributed by atoms with Crippen molar-refractivity contribution in [2.45, 2.75) is 31.4 Å². The highest BCUT2D eigenvalue weighted by molar-refractivity contribution is 7.89. The number of anilines is 1. The van der Waals surface area contributed by atoms with Gasteiger partial charge in [0.15, 0.2) is 11.5 Å². The molecule has 0 radical (unpaired) electrons. The second kappa shape index (κ2) is 12.3. The summed E-state index contributed by atoms with van der Waals surface area (Å²) in [4.78, 5) is 12.3. The van der Waals surface area contributed by atoms with E-state index in [9.17, 15) is 22.0 Å². The Bertz CT molecular complexity index is 1060. The average molecular weight is 485 g/mol. The summed E-state index contributed by atoms with van der Waals surface area (Å²) >= 11 is 0. The first-order chi connectivity index (χ1) is 15.6. The van der Waals surface area contributed by atoms with E-state index in [0.29, 0.717) is 11.3 Å². The highest BCUT2D eigenvalue weighted by Crippen LogP contribution is 2.30. The third kappa shape index (κ3) is 8.44. The molecule has 0 aliphatic heterocycles. The van der Waals surface area contributed by atoms with Crippen molar-refractivity contribution < 1.29 is 36.2 Å². The standard InChI is InChI=1S/C22H26F2N2O6S/c1-4-31-20-13-16(5-11-19(20)32-22(23)24)6-12-21(27)25-17-7-9-18(10-8-17)33(28,29)26-15(2)14-30-3/h5-13,15,22,26H,4,14H2,1-3H3,(H,25,27)/b12-6+. The Morgan fingerprint density at radius 3 is 2.42 bits per heavy atom. The van der Waals surface area contributed by atoms with Crippen molar-refractivity contribution in [3.63, 3.8) is 0 Å². The van der Waals surface area contributed by atoms with Crippen LogP contribution in [0.15, 0.2) is 53.4 Å². The molecule has 0 heterocycles. The molecule has 180 valence electrons. The fraction of sp³-hybridized carbons (Fsp3) is 0.318. The molecule has 33 heavy (non-hydrogen) atoms. The first-order valence-corrected chi connectivity index (χ1v) is 11.4. The number of carbonyl (C=O) groups excluding carboxylic acids is 1. The number of hydrogen-bond acceptors (Lipinski definition) is 6. The average Bonchev–Trinajstić information content (AvgIpc) is 2.74. The summed E-state index contributed by atoms with van der Waals surface area (Å²) < 4.78 is 66.8. The molecular weight excluding hydrogens is 458 g/mol. The lowest BCUT2D eigenvalue weighted by molar-refractivity contribution is -0.111. The molecule has 2 rings (SSSR count). The Kier molecular flexibility index (Phi) is 9.76. The van der Waals surface area contributed by atoms with Crippen LogP contribution in [-0.2, 0) is 19.6 Å². The molecular formula is C22H26F2N2O6S. The van der Waals surface area contributed by atoms with E-state index in [0.717, 1.165) is 0 Å². The first kappa shape index (κ1) is 26.2. The maximum atomic E-state index is 12.5. The molecule has 0 bridgehead atoms. The van der Waals surface area contributed by atoms with Crippen LogP contribution in [0.4, 0.5) is 14.5 Å². The molecule has 1 atom stereocenters. The largest absolute Gasteiger partial charge is 0.490 e. The number of sulfonamides is 1. The number of ether oxygens (including phenoxy) is 3. The summed E-state index contributed by atoms with van der Waals surface area (Å²) in [6.07, 6.45) is 2.72. The fourth-order valence-electron chi connectivity index (χ4n) is 2.78. The maximum absolute atomic E-state index is 12.5. The minimum atomic E-state index is -3.72. The SMILES string of the molecule is CCOc1cc(/C=C/C(=O)Nc2ccc(S(=O)(=O)NC(C)COC)cc2)ccc1OC(F)F. The Morgan fingerprint density at radius 2 is 1.82 bits per heavy atom. The van der Waals surface area contributed by atoms with Crippen molar-refractivity contribution in [2.75, 3.05) is 25.6 Å². The zero-order valence-electron chi connectivity index (χ0n) is 18.4. The number of nitrogens with one attached hydrogen (secondary N) is 2. The van der Waals surface area contributed by atoms with Gasteiger partial charge in [0.1, 0.15) is 0 Å². The summed E-state index contributed by atoms with van der Waals surface area (Å²) in [6, 6.07) is 9.58. The normalized spacial score (nSPS) is 12.7. The predicted molar refractivity (Wildman–Crippen MR) is 120 cm³/mol. The minimum Gasteiger partial charge on any atom is -0.490 e. The third-order valence-corrected chi connectivity index (χ3v) is 5.72. The lowest BCUT2D eigenvalue weighted by Gasteiger charge is -2.13. The maximum Gasteiger partial charge on any atom is 0.387 e. The Morgan fingerprint density at radius 1 is 1.12 bits per heavy atom. The van der Waals surface area contributed by atoms with Gasteiger partial charge >= 0.3 is 6.61 Å². The van der Waals surface area contributed by atoms with Crippen LogP contribution in [0.3, 0.4) is 0 Å². The molecule has 0 aromatic heterocycles. The number of alkyl halides is 2. The van der Waals surface area contributed by atoms with Crippen LogP contribution in [0.1, 0.15) is 19.4 Å². The van der Waals surface area contributed by atoms with E-state index in [1.165, 1.54) is 61.7 Å². The van der Waals surface area contributed by atoms with Crippen LogP contribution in [0.25, 0.3) is 6.08 Å². The van der Waals surface area contributed by atoms with Crippen molar-refractivity contribution in [1.29, 1.82) is 0 Å². The quantitative estimate of drug-likeness (QED) is 0.446. The van der Waals surface area contributed by atoms with Crippen LogP contribution in [0, 0.1) is 0 Å². The summed E-state index contributed by atoms with van der Waals surface area (Å²) in [5.74, 6) is -0.441. The van der Waals surface area contributed by atoms with Gasteiger partial charge in [-0.3, -0.25) is 4.79 Å². The number of methoxy groups -OCH3 is 1. The van der Waals surface area contributed by atoms with Gasteiger partial charge in [-0.05, 0) is 61.9 Å². The van der Waals surface area contributed by atoms with E-state index >= 15 is 0 Å². The van der Waals surface area contributed by atoms with Crippen molar-refractivity contribution in [2.24, 2.45) is 0 Å². The van der Waals surface area contributed by atoms with E-state index in [2.05, 4.69) is 14.8 Å². The van der Waals surface area contributed by atoms with Gasteiger partial charge < -0.3 is 19.5 Å². The summed E-state index contributed by atoms with van der Waals surface area (Å²) in [5, 5.41) is 2.61. The molecule has 8 nitrogen and oxygen atoms in total.